The molecule has 5 rings (SSSR count). The van der Waals surface area contributed by atoms with E-state index in [0.29, 0.717) is 33.3 Å². The topological polar surface area (TPSA) is 79.1 Å². The first-order valence-corrected chi connectivity index (χ1v) is 8.93. The summed E-state index contributed by atoms with van der Waals surface area (Å²) in [6.07, 6.45) is 0. The fourth-order valence-corrected chi connectivity index (χ4v) is 4.04. The number of hydrogen-bond donors (Lipinski definition) is 0. The third kappa shape index (κ3) is 2.15. The zero-order valence-corrected chi connectivity index (χ0v) is 16.0. The molecule has 7 nitrogen and oxygen atoms in total. The van der Waals surface area contributed by atoms with E-state index in [1.807, 2.05) is 24.3 Å². The molecule has 0 saturated carbocycles. The van der Waals surface area contributed by atoms with Crippen LogP contribution in [-0.2, 0) is 4.74 Å². The Morgan fingerprint density at radius 1 is 0.966 bits per heavy atom. The van der Waals surface area contributed by atoms with Gasteiger partial charge in [-0.25, -0.2) is 9.78 Å². The van der Waals surface area contributed by atoms with Gasteiger partial charge in [-0.2, -0.15) is 0 Å². The molecule has 0 atom stereocenters. The lowest BCUT2D eigenvalue weighted by Crippen LogP contribution is -2.15. The first-order valence-electron chi connectivity index (χ1n) is 8.93. The molecule has 2 aromatic carbocycles. The zero-order valence-electron chi connectivity index (χ0n) is 16.0. The number of hydrogen-bond acceptors (Lipinski definition) is 6. The Hall–Kier alpha value is -3.87. The molecule has 3 aromatic heterocycles. The van der Waals surface area contributed by atoms with E-state index in [2.05, 4.69) is 4.98 Å². The van der Waals surface area contributed by atoms with E-state index in [4.69, 9.17) is 14.2 Å². The summed E-state index contributed by atoms with van der Waals surface area (Å²) in [5.74, 6) is 0.232. The van der Waals surface area contributed by atoms with Crippen LogP contribution < -0.4 is 15.0 Å². The van der Waals surface area contributed by atoms with E-state index in [0.717, 1.165) is 16.3 Å². The normalized spacial score (nSPS) is 11.6. The first-order chi connectivity index (χ1) is 14.1. The SMILES string of the molecule is COC(=O)c1cc2c3ccccc3n3c(=O)c4c(OC)c(OC)ccc4c(n1)c23. The van der Waals surface area contributed by atoms with Crippen LogP contribution in [0.1, 0.15) is 10.5 Å². The van der Waals surface area contributed by atoms with Gasteiger partial charge in [-0.05, 0) is 24.3 Å². The Morgan fingerprint density at radius 2 is 1.76 bits per heavy atom. The number of aromatic nitrogens is 2. The summed E-state index contributed by atoms with van der Waals surface area (Å²) < 4.78 is 17.4. The summed E-state index contributed by atoms with van der Waals surface area (Å²) in [7, 11) is 4.32. The van der Waals surface area contributed by atoms with Crippen LogP contribution in [-0.4, -0.2) is 36.7 Å². The van der Waals surface area contributed by atoms with Gasteiger partial charge in [0.15, 0.2) is 11.5 Å². The summed E-state index contributed by atoms with van der Waals surface area (Å²) in [5, 5.41) is 2.54. The number of methoxy groups -OCH3 is 3. The molecule has 0 unspecified atom stereocenters. The number of esters is 1. The molecule has 0 radical (unpaired) electrons. The molecule has 0 bridgehead atoms. The van der Waals surface area contributed by atoms with E-state index >= 15 is 0 Å². The highest BCUT2D eigenvalue weighted by atomic mass is 16.5. The van der Waals surface area contributed by atoms with Crippen LogP contribution in [0.3, 0.4) is 0 Å². The lowest BCUT2D eigenvalue weighted by molar-refractivity contribution is 0.0594. The second kappa shape index (κ2) is 6.07. The quantitative estimate of drug-likeness (QED) is 0.348. The van der Waals surface area contributed by atoms with Crippen molar-refractivity contribution in [2.24, 2.45) is 0 Å². The van der Waals surface area contributed by atoms with E-state index in [-0.39, 0.29) is 11.3 Å². The highest BCUT2D eigenvalue weighted by Crippen LogP contribution is 2.39. The fourth-order valence-electron chi connectivity index (χ4n) is 4.04. The number of ether oxygens (including phenoxy) is 3. The second-order valence-corrected chi connectivity index (χ2v) is 6.63. The van der Waals surface area contributed by atoms with Crippen LogP contribution in [0.2, 0.25) is 0 Å². The van der Waals surface area contributed by atoms with Crippen molar-refractivity contribution in [3.05, 3.63) is 58.5 Å². The van der Waals surface area contributed by atoms with Gasteiger partial charge in [-0.1, -0.05) is 18.2 Å². The van der Waals surface area contributed by atoms with Gasteiger partial charge < -0.3 is 14.2 Å². The van der Waals surface area contributed by atoms with Crippen molar-refractivity contribution in [2.75, 3.05) is 21.3 Å². The van der Waals surface area contributed by atoms with Crippen LogP contribution in [0.5, 0.6) is 11.5 Å². The first kappa shape index (κ1) is 17.2. The minimum absolute atomic E-state index is 0.174. The van der Waals surface area contributed by atoms with Crippen molar-refractivity contribution < 1.29 is 19.0 Å². The van der Waals surface area contributed by atoms with Gasteiger partial charge >= 0.3 is 5.97 Å². The fraction of sp³-hybridized carbons (Fsp3) is 0.136. The van der Waals surface area contributed by atoms with Gasteiger partial charge in [0.2, 0.25) is 0 Å². The average Bonchev–Trinajstić information content (AvgIpc) is 3.10. The molecule has 7 heteroatoms. The zero-order chi connectivity index (χ0) is 20.3. The Balaban J connectivity index is 2.16. The van der Waals surface area contributed by atoms with Gasteiger partial charge in [0.25, 0.3) is 5.56 Å². The lowest BCUT2D eigenvalue weighted by atomic mass is 10.1. The molecule has 0 aliphatic rings. The number of rotatable bonds is 3. The molecule has 29 heavy (non-hydrogen) atoms. The Kier molecular flexibility index (Phi) is 3.61. The molecule has 0 spiro atoms. The second-order valence-electron chi connectivity index (χ2n) is 6.63. The minimum Gasteiger partial charge on any atom is -0.493 e. The average molecular weight is 388 g/mol. The predicted molar refractivity (Wildman–Crippen MR) is 110 cm³/mol. The number of fused-ring (bicyclic) bond motifs is 5. The monoisotopic (exact) mass is 388 g/mol. The van der Waals surface area contributed by atoms with Crippen molar-refractivity contribution in [2.45, 2.75) is 0 Å². The van der Waals surface area contributed by atoms with Gasteiger partial charge in [0.1, 0.15) is 5.69 Å². The molecular weight excluding hydrogens is 372 g/mol. The number of pyridine rings is 2. The lowest BCUT2D eigenvalue weighted by Gasteiger charge is -2.13. The molecule has 0 saturated heterocycles. The molecule has 3 heterocycles. The van der Waals surface area contributed by atoms with Crippen LogP contribution in [0, 0.1) is 0 Å². The maximum atomic E-state index is 13.6. The molecule has 0 fully saturated rings. The van der Waals surface area contributed by atoms with Crippen LogP contribution >= 0.6 is 0 Å². The predicted octanol–water partition coefficient (Wildman–Crippen LogP) is 3.40. The van der Waals surface area contributed by atoms with Gasteiger partial charge in [0, 0.05) is 16.2 Å². The van der Waals surface area contributed by atoms with E-state index in [9.17, 15) is 9.59 Å². The highest BCUT2D eigenvalue weighted by Gasteiger charge is 2.24. The van der Waals surface area contributed by atoms with Gasteiger partial charge in [-0.15, -0.1) is 0 Å². The standard InChI is InChI=1S/C22H16N2O5/c1-27-16-9-8-12-17(20(16)28-2)21(25)24-15-7-5-4-6-11(15)13-10-14(22(26)29-3)23-18(12)19(13)24/h4-10H,1-3H3. The summed E-state index contributed by atoms with van der Waals surface area (Å²) >= 11 is 0. The van der Waals surface area contributed by atoms with Crippen LogP contribution in [0.4, 0.5) is 0 Å². The molecule has 144 valence electrons. The number of carbonyl (C=O) groups excluding carboxylic acids is 1. The Morgan fingerprint density at radius 3 is 2.48 bits per heavy atom. The van der Waals surface area contributed by atoms with Crippen LogP contribution in [0.25, 0.3) is 38.1 Å². The van der Waals surface area contributed by atoms with Gasteiger partial charge in [-0.3, -0.25) is 9.20 Å². The molecule has 0 aliphatic heterocycles. The maximum absolute atomic E-state index is 13.6. The van der Waals surface area contributed by atoms with E-state index in [1.54, 1.807) is 22.6 Å². The van der Waals surface area contributed by atoms with Crippen molar-refractivity contribution in [3.8, 4) is 11.5 Å². The molecular formula is C22H16N2O5. The van der Waals surface area contributed by atoms with Crippen LogP contribution in [0.15, 0.2) is 47.3 Å². The van der Waals surface area contributed by atoms with Crippen molar-refractivity contribution in [3.63, 3.8) is 0 Å². The maximum Gasteiger partial charge on any atom is 0.356 e. The summed E-state index contributed by atoms with van der Waals surface area (Å²) in [6, 6.07) is 12.7. The van der Waals surface area contributed by atoms with Crippen molar-refractivity contribution in [1.82, 2.24) is 9.38 Å². The van der Waals surface area contributed by atoms with Crippen molar-refractivity contribution in [1.29, 1.82) is 0 Å². The largest absolute Gasteiger partial charge is 0.493 e. The minimum atomic E-state index is -0.543. The number of para-hydroxylation sites is 1. The molecule has 5 aromatic rings. The summed E-state index contributed by atoms with van der Waals surface area (Å²) in [4.78, 5) is 30.4. The number of benzene rings is 2. The molecule has 0 aliphatic carbocycles. The Labute approximate surface area is 164 Å². The highest BCUT2D eigenvalue weighted by molar-refractivity contribution is 6.20. The number of nitrogens with zero attached hydrogens (tertiary/aromatic N) is 2. The smallest absolute Gasteiger partial charge is 0.356 e. The molecule has 0 amide bonds. The summed E-state index contributed by atoms with van der Waals surface area (Å²) in [6.45, 7) is 0. The van der Waals surface area contributed by atoms with E-state index in [1.165, 1.54) is 21.3 Å². The van der Waals surface area contributed by atoms with Gasteiger partial charge in [0.05, 0.1) is 43.3 Å². The summed E-state index contributed by atoms with van der Waals surface area (Å²) in [5.41, 5.74) is 1.85. The molecule has 0 N–H and O–H groups in total. The third-order valence-electron chi connectivity index (χ3n) is 5.26. The number of carbonyl (C=O) groups is 1. The Bertz CT molecular complexity index is 1500. The van der Waals surface area contributed by atoms with E-state index < -0.39 is 5.97 Å². The third-order valence-corrected chi connectivity index (χ3v) is 5.26. The van der Waals surface area contributed by atoms with Crippen molar-refractivity contribution >= 4 is 44.1 Å².